The summed E-state index contributed by atoms with van der Waals surface area (Å²) in [6.45, 7) is 6.72. The molecule has 4 heteroatoms. The fraction of sp³-hybridized carbons (Fsp3) is 0.375. The molecule has 20 heavy (non-hydrogen) atoms. The lowest BCUT2D eigenvalue weighted by Crippen LogP contribution is -2.33. The number of thiocarbonyl (C=S) groups is 1. The van der Waals surface area contributed by atoms with Gasteiger partial charge in [0.1, 0.15) is 0 Å². The molecule has 0 fully saturated rings. The summed E-state index contributed by atoms with van der Waals surface area (Å²) in [7, 11) is 0. The van der Waals surface area contributed by atoms with E-state index >= 15 is 0 Å². The van der Waals surface area contributed by atoms with E-state index in [4.69, 9.17) is 18.0 Å². The van der Waals surface area contributed by atoms with Crippen LogP contribution in [0.4, 0.5) is 0 Å². The van der Waals surface area contributed by atoms with Crippen molar-refractivity contribution in [2.45, 2.75) is 26.8 Å². The van der Waals surface area contributed by atoms with Crippen LogP contribution in [0.1, 0.15) is 24.6 Å². The van der Waals surface area contributed by atoms with Crippen LogP contribution in [-0.2, 0) is 6.54 Å². The minimum Gasteiger partial charge on any atom is -0.392 e. The number of rotatable bonds is 6. The summed E-state index contributed by atoms with van der Waals surface area (Å²) < 4.78 is 0. The van der Waals surface area contributed by atoms with Gasteiger partial charge in [-0.2, -0.15) is 0 Å². The first-order chi connectivity index (χ1) is 9.60. The van der Waals surface area contributed by atoms with Crippen molar-refractivity contribution in [3.63, 3.8) is 0 Å². The average Bonchev–Trinajstić information content (AvgIpc) is 2.38. The highest BCUT2D eigenvalue weighted by Gasteiger charge is 2.10. The SMILES string of the molecule is CCCN(CC(N)=S)Cc1cc(C)nc2ccccc12. The third-order valence-electron chi connectivity index (χ3n) is 3.24. The van der Waals surface area contributed by atoms with Gasteiger partial charge in [0, 0.05) is 24.2 Å². The summed E-state index contributed by atoms with van der Waals surface area (Å²) in [6, 6.07) is 10.4. The first kappa shape index (κ1) is 14.9. The van der Waals surface area contributed by atoms with E-state index in [2.05, 4.69) is 41.1 Å². The highest BCUT2D eigenvalue weighted by molar-refractivity contribution is 7.80. The van der Waals surface area contributed by atoms with Gasteiger partial charge in [-0.3, -0.25) is 9.88 Å². The Labute approximate surface area is 125 Å². The molecule has 0 unspecified atom stereocenters. The van der Waals surface area contributed by atoms with Gasteiger partial charge in [0.25, 0.3) is 0 Å². The van der Waals surface area contributed by atoms with Crippen LogP contribution in [0.3, 0.4) is 0 Å². The Bertz CT molecular complexity index is 610. The second-order valence-electron chi connectivity index (χ2n) is 5.12. The zero-order valence-electron chi connectivity index (χ0n) is 12.1. The molecule has 1 aromatic carbocycles. The van der Waals surface area contributed by atoms with Crippen molar-refractivity contribution >= 4 is 28.1 Å². The van der Waals surface area contributed by atoms with Crippen LogP contribution in [-0.4, -0.2) is 28.0 Å². The van der Waals surface area contributed by atoms with Gasteiger partial charge >= 0.3 is 0 Å². The maximum absolute atomic E-state index is 5.70. The van der Waals surface area contributed by atoms with Crippen molar-refractivity contribution in [3.05, 3.63) is 41.6 Å². The number of aromatic nitrogens is 1. The van der Waals surface area contributed by atoms with E-state index in [-0.39, 0.29) is 0 Å². The van der Waals surface area contributed by atoms with Gasteiger partial charge in [0.05, 0.1) is 10.5 Å². The normalized spacial score (nSPS) is 11.2. The lowest BCUT2D eigenvalue weighted by atomic mass is 10.1. The first-order valence-corrected chi connectivity index (χ1v) is 7.37. The Morgan fingerprint density at radius 1 is 1.35 bits per heavy atom. The first-order valence-electron chi connectivity index (χ1n) is 6.96. The number of aryl methyl sites for hydroxylation is 1. The summed E-state index contributed by atoms with van der Waals surface area (Å²) in [6.07, 6.45) is 1.09. The zero-order chi connectivity index (χ0) is 14.5. The molecule has 0 amide bonds. The molecule has 3 nitrogen and oxygen atoms in total. The molecule has 0 aliphatic carbocycles. The van der Waals surface area contributed by atoms with E-state index < -0.39 is 0 Å². The Kier molecular flexibility index (Phi) is 5.04. The fourth-order valence-electron chi connectivity index (χ4n) is 2.52. The van der Waals surface area contributed by atoms with Crippen molar-refractivity contribution in [2.24, 2.45) is 5.73 Å². The van der Waals surface area contributed by atoms with Gasteiger partial charge in [0.2, 0.25) is 0 Å². The standard InChI is InChI=1S/C16H21N3S/c1-3-8-19(11-16(17)20)10-13-9-12(2)18-15-7-5-4-6-14(13)15/h4-7,9H,3,8,10-11H2,1-2H3,(H2,17,20). The average molecular weight is 287 g/mol. The lowest BCUT2D eigenvalue weighted by Gasteiger charge is -2.22. The molecule has 106 valence electrons. The van der Waals surface area contributed by atoms with Crippen molar-refractivity contribution in [1.82, 2.24) is 9.88 Å². The Hall–Kier alpha value is -1.52. The number of para-hydroxylation sites is 1. The number of fused-ring (bicyclic) bond motifs is 1. The lowest BCUT2D eigenvalue weighted by molar-refractivity contribution is 0.305. The summed E-state index contributed by atoms with van der Waals surface area (Å²) in [5.41, 5.74) is 9.08. The van der Waals surface area contributed by atoms with E-state index in [1.54, 1.807) is 0 Å². The second-order valence-corrected chi connectivity index (χ2v) is 5.64. The van der Waals surface area contributed by atoms with Crippen LogP contribution in [0.2, 0.25) is 0 Å². The van der Waals surface area contributed by atoms with Crippen LogP contribution in [0.15, 0.2) is 30.3 Å². The molecular weight excluding hydrogens is 266 g/mol. The number of pyridine rings is 1. The Balaban J connectivity index is 2.33. The van der Waals surface area contributed by atoms with E-state index in [1.165, 1.54) is 10.9 Å². The largest absolute Gasteiger partial charge is 0.392 e. The third kappa shape index (κ3) is 3.74. The highest BCUT2D eigenvalue weighted by atomic mass is 32.1. The third-order valence-corrected chi connectivity index (χ3v) is 3.37. The second kappa shape index (κ2) is 6.77. The summed E-state index contributed by atoms with van der Waals surface area (Å²) in [4.78, 5) is 7.43. The van der Waals surface area contributed by atoms with Gasteiger partial charge in [-0.05, 0) is 37.6 Å². The van der Waals surface area contributed by atoms with Gasteiger partial charge in [-0.1, -0.05) is 37.3 Å². The highest BCUT2D eigenvalue weighted by Crippen LogP contribution is 2.19. The molecule has 2 N–H and O–H groups in total. The molecule has 0 radical (unpaired) electrons. The molecule has 0 atom stereocenters. The predicted molar refractivity (Wildman–Crippen MR) is 88.8 cm³/mol. The zero-order valence-corrected chi connectivity index (χ0v) is 12.9. The van der Waals surface area contributed by atoms with Crippen molar-refractivity contribution < 1.29 is 0 Å². The molecule has 2 aromatic rings. The molecule has 0 saturated carbocycles. The minimum absolute atomic E-state index is 0.550. The molecule has 1 heterocycles. The van der Waals surface area contributed by atoms with E-state index in [1.807, 2.05) is 13.0 Å². The van der Waals surface area contributed by atoms with E-state index in [0.29, 0.717) is 11.5 Å². The number of hydrogen-bond donors (Lipinski definition) is 1. The van der Waals surface area contributed by atoms with Crippen LogP contribution >= 0.6 is 12.2 Å². The molecule has 2 rings (SSSR count). The smallest absolute Gasteiger partial charge is 0.0870 e. The fourth-order valence-corrected chi connectivity index (χ4v) is 2.70. The maximum atomic E-state index is 5.70. The van der Waals surface area contributed by atoms with Crippen LogP contribution in [0.5, 0.6) is 0 Å². The number of hydrogen-bond acceptors (Lipinski definition) is 3. The monoisotopic (exact) mass is 287 g/mol. The quantitative estimate of drug-likeness (QED) is 0.829. The van der Waals surface area contributed by atoms with E-state index in [9.17, 15) is 0 Å². The van der Waals surface area contributed by atoms with Gasteiger partial charge in [0.15, 0.2) is 0 Å². The number of nitrogens with zero attached hydrogens (tertiary/aromatic N) is 2. The summed E-state index contributed by atoms with van der Waals surface area (Å²) in [5.74, 6) is 0. The molecule has 1 aromatic heterocycles. The number of benzene rings is 1. The van der Waals surface area contributed by atoms with Gasteiger partial charge < -0.3 is 5.73 Å². The summed E-state index contributed by atoms with van der Waals surface area (Å²) in [5, 5.41) is 1.21. The molecule has 0 saturated heterocycles. The maximum Gasteiger partial charge on any atom is 0.0870 e. The minimum atomic E-state index is 0.550. The molecule has 0 aliphatic heterocycles. The van der Waals surface area contributed by atoms with Crippen molar-refractivity contribution in [3.8, 4) is 0 Å². The Morgan fingerprint density at radius 3 is 2.80 bits per heavy atom. The molecular formula is C16H21N3S. The van der Waals surface area contributed by atoms with Gasteiger partial charge in [-0.15, -0.1) is 0 Å². The molecule has 0 aliphatic rings. The van der Waals surface area contributed by atoms with Crippen molar-refractivity contribution in [1.29, 1.82) is 0 Å². The predicted octanol–water partition coefficient (Wildman–Crippen LogP) is 3.04. The van der Waals surface area contributed by atoms with Crippen LogP contribution in [0, 0.1) is 6.92 Å². The van der Waals surface area contributed by atoms with Crippen LogP contribution in [0.25, 0.3) is 10.9 Å². The van der Waals surface area contributed by atoms with Crippen LogP contribution < -0.4 is 5.73 Å². The Morgan fingerprint density at radius 2 is 2.10 bits per heavy atom. The molecule has 0 spiro atoms. The number of nitrogens with two attached hydrogens (primary N) is 1. The topological polar surface area (TPSA) is 42.1 Å². The summed E-state index contributed by atoms with van der Waals surface area (Å²) >= 11 is 5.05. The van der Waals surface area contributed by atoms with Crippen molar-refractivity contribution in [2.75, 3.05) is 13.1 Å². The van der Waals surface area contributed by atoms with Gasteiger partial charge in [-0.25, -0.2) is 0 Å². The van der Waals surface area contributed by atoms with E-state index in [0.717, 1.165) is 30.7 Å². The molecule has 0 bridgehead atoms.